The zero-order valence-electron chi connectivity index (χ0n) is 14.3. The number of ether oxygens (including phenoxy) is 2. The van der Waals surface area contributed by atoms with Crippen molar-refractivity contribution in [1.82, 2.24) is 4.90 Å². The van der Waals surface area contributed by atoms with Gasteiger partial charge in [0.2, 0.25) is 0 Å². The Morgan fingerprint density at radius 3 is 2.13 bits per heavy atom. The van der Waals surface area contributed by atoms with Gasteiger partial charge in [-0.25, -0.2) is 0 Å². The van der Waals surface area contributed by atoms with Crippen molar-refractivity contribution in [2.75, 3.05) is 27.3 Å². The smallest absolute Gasteiger partial charge is 0.160 e. The molecule has 0 radical (unpaired) electrons. The third-order valence-corrected chi connectivity index (χ3v) is 5.13. The fraction of sp³-hybridized carbons (Fsp3) is 0.684. The molecule has 1 aliphatic heterocycles. The maximum absolute atomic E-state index is 6.13. The lowest BCUT2D eigenvalue weighted by atomic mass is 9.87. The van der Waals surface area contributed by atoms with Crippen molar-refractivity contribution in [3.05, 3.63) is 35.9 Å². The number of hydrogen-bond acceptors (Lipinski definition) is 3. The molecule has 1 heterocycles. The molecule has 1 aliphatic carbocycles. The second-order valence-electron chi connectivity index (χ2n) is 7.01. The van der Waals surface area contributed by atoms with Crippen molar-refractivity contribution in [1.29, 1.82) is 0 Å². The van der Waals surface area contributed by atoms with E-state index in [2.05, 4.69) is 49.3 Å². The fourth-order valence-electron chi connectivity index (χ4n) is 4.04. The molecule has 3 rings (SSSR count). The summed E-state index contributed by atoms with van der Waals surface area (Å²) < 4.78 is 12.3. The van der Waals surface area contributed by atoms with Crippen LogP contribution >= 0.6 is 12.4 Å². The third-order valence-electron chi connectivity index (χ3n) is 5.13. The Hall–Kier alpha value is -0.610. The highest BCUT2D eigenvalue weighted by atomic mass is 35.5. The molecule has 0 spiro atoms. The molecular formula is C19H30ClNO2. The first-order valence-corrected chi connectivity index (χ1v) is 8.70. The van der Waals surface area contributed by atoms with Gasteiger partial charge < -0.3 is 14.4 Å². The highest BCUT2D eigenvalue weighted by molar-refractivity contribution is 5.85. The predicted octanol–water partition coefficient (Wildman–Crippen LogP) is 4.28. The lowest BCUT2D eigenvalue weighted by Gasteiger charge is -2.40. The second kappa shape index (κ2) is 9.03. The summed E-state index contributed by atoms with van der Waals surface area (Å²) >= 11 is 0. The Balaban J connectivity index is 0.00000192. The first-order chi connectivity index (χ1) is 10.8. The van der Waals surface area contributed by atoms with E-state index in [-0.39, 0.29) is 18.7 Å². The van der Waals surface area contributed by atoms with Crippen LogP contribution in [-0.2, 0) is 9.47 Å². The minimum atomic E-state index is 0. The summed E-state index contributed by atoms with van der Waals surface area (Å²) in [7, 11) is 4.29. The SMILES string of the molecule is CN(C)C(c1ccccc1)C1COC(C2CCCCC2)OC1.Cl. The van der Waals surface area contributed by atoms with E-state index in [1.807, 2.05) is 0 Å². The first kappa shape index (κ1) is 18.7. The summed E-state index contributed by atoms with van der Waals surface area (Å²) in [4.78, 5) is 2.29. The highest BCUT2D eigenvalue weighted by Gasteiger charge is 2.34. The molecule has 0 aromatic heterocycles. The van der Waals surface area contributed by atoms with Crippen molar-refractivity contribution in [3.8, 4) is 0 Å². The summed E-state index contributed by atoms with van der Waals surface area (Å²) in [6.07, 6.45) is 6.62. The lowest BCUT2D eigenvalue weighted by Crippen LogP contribution is -2.42. The largest absolute Gasteiger partial charge is 0.352 e. The topological polar surface area (TPSA) is 21.7 Å². The van der Waals surface area contributed by atoms with Crippen LogP contribution in [0.15, 0.2) is 30.3 Å². The number of rotatable bonds is 4. The average molecular weight is 340 g/mol. The lowest BCUT2D eigenvalue weighted by molar-refractivity contribution is -0.235. The normalized spacial score (nSPS) is 27.4. The molecular weight excluding hydrogens is 310 g/mol. The maximum Gasteiger partial charge on any atom is 0.160 e. The van der Waals surface area contributed by atoms with Gasteiger partial charge in [-0.2, -0.15) is 0 Å². The van der Waals surface area contributed by atoms with Crippen LogP contribution in [0, 0.1) is 11.8 Å². The van der Waals surface area contributed by atoms with Crippen molar-refractivity contribution in [3.63, 3.8) is 0 Å². The Bertz CT molecular complexity index is 440. The number of nitrogens with zero attached hydrogens (tertiary/aromatic N) is 1. The van der Waals surface area contributed by atoms with Gasteiger partial charge in [0, 0.05) is 17.9 Å². The molecule has 2 aliphatic rings. The van der Waals surface area contributed by atoms with E-state index in [1.165, 1.54) is 37.7 Å². The molecule has 3 nitrogen and oxygen atoms in total. The molecule has 1 saturated heterocycles. The third kappa shape index (κ3) is 4.69. The average Bonchev–Trinajstić information content (AvgIpc) is 2.57. The summed E-state index contributed by atoms with van der Waals surface area (Å²) in [6, 6.07) is 11.1. The van der Waals surface area contributed by atoms with Crippen molar-refractivity contribution in [2.45, 2.75) is 44.4 Å². The van der Waals surface area contributed by atoms with Crippen LogP contribution in [0.3, 0.4) is 0 Å². The van der Waals surface area contributed by atoms with E-state index >= 15 is 0 Å². The molecule has 0 bridgehead atoms. The molecule has 1 aromatic carbocycles. The van der Waals surface area contributed by atoms with Crippen LogP contribution in [0.5, 0.6) is 0 Å². The first-order valence-electron chi connectivity index (χ1n) is 8.70. The minimum Gasteiger partial charge on any atom is -0.352 e. The molecule has 2 fully saturated rings. The standard InChI is InChI=1S/C19H29NO2.ClH/c1-20(2)18(15-9-5-3-6-10-15)17-13-21-19(22-14-17)16-11-7-4-8-12-16;/h3,5-6,9-10,16-19H,4,7-8,11-14H2,1-2H3;1H. The zero-order valence-corrected chi connectivity index (χ0v) is 15.1. The van der Waals surface area contributed by atoms with Gasteiger partial charge in [-0.05, 0) is 32.5 Å². The molecule has 1 saturated carbocycles. The van der Waals surface area contributed by atoms with E-state index in [4.69, 9.17) is 9.47 Å². The number of benzene rings is 1. The molecule has 1 unspecified atom stereocenters. The van der Waals surface area contributed by atoms with Gasteiger partial charge in [-0.3, -0.25) is 0 Å². The Morgan fingerprint density at radius 1 is 0.957 bits per heavy atom. The Kier molecular flexibility index (Phi) is 7.35. The van der Waals surface area contributed by atoms with Crippen LogP contribution in [-0.4, -0.2) is 38.5 Å². The van der Waals surface area contributed by atoms with Gasteiger partial charge in [-0.1, -0.05) is 49.6 Å². The number of halogens is 1. The molecule has 1 aromatic rings. The van der Waals surface area contributed by atoms with Gasteiger partial charge in [0.05, 0.1) is 13.2 Å². The van der Waals surface area contributed by atoms with E-state index in [1.54, 1.807) is 0 Å². The fourth-order valence-corrected chi connectivity index (χ4v) is 4.04. The molecule has 0 amide bonds. The predicted molar refractivity (Wildman–Crippen MR) is 95.9 cm³/mol. The molecule has 23 heavy (non-hydrogen) atoms. The summed E-state index contributed by atoms with van der Waals surface area (Å²) in [5.74, 6) is 1.02. The summed E-state index contributed by atoms with van der Waals surface area (Å²) in [5, 5.41) is 0. The summed E-state index contributed by atoms with van der Waals surface area (Å²) in [6.45, 7) is 1.61. The van der Waals surface area contributed by atoms with E-state index < -0.39 is 0 Å². The van der Waals surface area contributed by atoms with Crippen molar-refractivity contribution < 1.29 is 9.47 Å². The number of hydrogen-bond donors (Lipinski definition) is 0. The van der Waals surface area contributed by atoms with Crippen LogP contribution < -0.4 is 0 Å². The van der Waals surface area contributed by atoms with Gasteiger partial charge in [-0.15, -0.1) is 12.4 Å². The molecule has 0 N–H and O–H groups in total. The van der Waals surface area contributed by atoms with Gasteiger partial charge >= 0.3 is 0 Å². The van der Waals surface area contributed by atoms with E-state index in [0.29, 0.717) is 17.9 Å². The molecule has 4 heteroatoms. The second-order valence-corrected chi connectivity index (χ2v) is 7.01. The van der Waals surface area contributed by atoms with E-state index in [9.17, 15) is 0 Å². The van der Waals surface area contributed by atoms with Gasteiger partial charge in [0.1, 0.15) is 0 Å². The Morgan fingerprint density at radius 2 is 1.57 bits per heavy atom. The maximum atomic E-state index is 6.13. The molecule has 1 atom stereocenters. The van der Waals surface area contributed by atoms with Crippen LogP contribution in [0.25, 0.3) is 0 Å². The summed E-state index contributed by atoms with van der Waals surface area (Å²) in [5.41, 5.74) is 1.35. The van der Waals surface area contributed by atoms with E-state index in [0.717, 1.165) is 13.2 Å². The van der Waals surface area contributed by atoms with Crippen LogP contribution in [0.1, 0.15) is 43.7 Å². The zero-order chi connectivity index (χ0) is 15.4. The van der Waals surface area contributed by atoms with Crippen molar-refractivity contribution in [2.24, 2.45) is 11.8 Å². The quantitative estimate of drug-likeness (QED) is 0.817. The monoisotopic (exact) mass is 339 g/mol. The minimum absolute atomic E-state index is 0. The Labute approximate surface area is 146 Å². The van der Waals surface area contributed by atoms with Crippen LogP contribution in [0.2, 0.25) is 0 Å². The van der Waals surface area contributed by atoms with Gasteiger partial charge in [0.15, 0.2) is 6.29 Å². The van der Waals surface area contributed by atoms with Crippen molar-refractivity contribution >= 4 is 12.4 Å². The van der Waals surface area contributed by atoms with Gasteiger partial charge in [0.25, 0.3) is 0 Å². The highest BCUT2D eigenvalue weighted by Crippen LogP contribution is 2.35. The molecule has 130 valence electrons. The van der Waals surface area contributed by atoms with Crippen LogP contribution in [0.4, 0.5) is 0 Å².